The van der Waals surface area contributed by atoms with Gasteiger partial charge >= 0.3 is 0 Å². The second-order valence-electron chi connectivity index (χ2n) is 8.42. The fraction of sp³-hybridized carbons (Fsp3) is 0.269. The Morgan fingerprint density at radius 3 is 2.52 bits per heavy atom. The normalized spacial score (nSPS) is 14.5. The Morgan fingerprint density at radius 2 is 1.82 bits per heavy atom. The average Bonchev–Trinajstić information content (AvgIpc) is 3.29. The number of benzene rings is 2. The quantitative estimate of drug-likeness (QED) is 0.474. The maximum absolute atomic E-state index is 13.3. The van der Waals surface area contributed by atoms with Crippen molar-refractivity contribution in [1.82, 2.24) is 14.6 Å². The molecule has 0 bridgehead atoms. The number of piperidine rings is 1. The highest BCUT2D eigenvalue weighted by molar-refractivity contribution is 5.92. The Balaban J connectivity index is 1.28. The van der Waals surface area contributed by atoms with Gasteiger partial charge in [0.2, 0.25) is 5.91 Å². The molecule has 1 aliphatic rings. The van der Waals surface area contributed by atoms with E-state index in [-0.39, 0.29) is 17.6 Å². The van der Waals surface area contributed by atoms with E-state index in [0.29, 0.717) is 0 Å². The maximum atomic E-state index is 13.3. The number of aromatic nitrogens is 3. The number of rotatable bonds is 5. The third-order valence-electron chi connectivity index (χ3n) is 6.30. The van der Waals surface area contributed by atoms with Crippen LogP contribution in [-0.2, 0) is 11.2 Å². The molecule has 2 aromatic heterocycles. The van der Waals surface area contributed by atoms with Gasteiger partial charge in [-0.3, -0.25) is 4.79 Å². The van der Waals surface area contributed by atoms with Gasteiger partial charge in [0, 0.05) is 42.7 Å². The Labute approximate surface area is 192 Å². The topological polar surface area (TPSA) is 62.5 Å². The molecule has 1 saturated heterocycles. The molecule has 0 atom stereocenters. The Hall–Kier alpha value is -3.74. The number of fused-ring (bicyclic) bond motifs is 1. The van der Waals surface area contributed by atoms with Gasteiger partial charge in [0.1, 0.15) is 11.3 Å². The largest absolute Gasteiger partial charge is 0.355 e. The zero-order chi connectivity index (χ0) is 22.8. The highest BCUT2D eigenvalue weighted by atomic mass is 19.1. The molecular formula is C26H26FN5O. The summed E-state index contributed by atoms with van der Waals surface area (Å²) in [5.74, 6) is 0.640. The van der Waals surface area contributed by atoms with Gasteiger partial charge in [0.25, 0.3) is 0 Å². The maximum Gasteiger partial charge on any atom is 0.227 e. The predicted molar refractivity (Wildman–Crippen MR) is 128 cm³/mol. The van der Waals surface area contributed by atoms with Crippen molar-refractivity contribution in [3.05, 3.63) is 78.4 Å². The Morgan fingerprint density at radius 1 is 1.09 bits per heavy atom. The summed E-state index contributed by atoms with van der Waals surface area (Å²) in [5.41, 5.74) is 4.63. The standard InChI is InChI=1S/C26H26FN5O/c1-2-18-3-9-22(10-4-18)29-26(33)20-11-14-31(15-12-20)25-24-17-23(30-32(24)16-13-28-25)19-5-7-21(27)8-6-19/h3-10,13,16-17,20H,2,11-12,14-15H2,1H3,(H,29,33). The molecule has 1 amide bonds. The number of carbonyl (C=O) groups excluding carboxylic acids is 1. The summed E-state index contributed by atoms with van der Waals surface area (Å²) in [6, 6.07) is 16.3. The molecule has 2 aromatic carbocycles. The van der Waals surface area contributed by atoms with Crippen LogP contribution in [0.1, 0.15) is 25.3 Å². The molecule has 1 fully saturated rings. The molecule has 0 radical (unpaired) electrons. The van der Waals surface area contributed by atoms with Gasteiger partial charge in [-0.1, -0.05) is 19.1 Å². The number of halogens is 1. The van der Waals surface area contributed by atoms with Crippen LogP contribution in [0.3, 0.4) is 0 Å². The van der Waals surface area contributed by atoms with E-state index in [0.717, 1.165) is 60.6 Å². The second kappa shape index (κ2) is 9.02. The summed E-state index contributed by atoms with van der Waals surface area (Å²) in [4.78, 5) is 19.6. The second-order valence-corrected chi connectivity index (χ2v) is 8.42. The van der Waals surface area contributed by atoms with Gasteiger partial charge in [0.05, 0.1) is 5.69 Å². The summed E-state index contributed by atoms with van der Waals surface area (Å²) in [6.07, 6.45) is 6.07. The highest BCUT2D eigenvalue weighted by Gasteiger charge is 2.27. The van der Waals surface area contributed by atoms with Gasteiger partial charge in [-0.2, -0.15) is 5.10 Å². The van der Waals surface area contributed by atoms with Crippen LogP contribution in [0, 0.1) is 11.7 Å². The SMILES string of the molecule is CCc1ccc(NC(=O)C2CCN(c3nccn4nc(-c5ccc(F)cc5)cc34)CC2)cc1. The molecule has 0 saturated carbocycles. The fourth-order valence-corrected chi connectivity index (χ4v) is 4.34. The van der Waals surface area contributed by atoms with Gasteiger partial charge < -0.3 is 10.2 Å². The highest BCUT2D eigenvalue weighted by Crippen LogP contribution is 2.29. The first-order valence-corrected chi connectivity index (χ1v) is 11.4. The number of carbonyl (C=O) groups is 1. The molecule has 168 valence electrons. The van der Waals surface area contributed by atoms with E-state index in [1.165, 1.54) is 17.7 Å². The van der Waals surface area contributed by atoms with E-state index in [4.69, 9.17) is 0 Å². The molecular weight excluding hydrogens is 417 g/mol. The Kier molecular flexibility index (Phi) is 5.77. The van der Waals surface area contributed by atoms with Crippen LogP contribution in [-0.4, -0.2) is 33.6 Å². The zero-order valence-corrected chi connectivity index (χ0v) is 18.5. The first kappa shape index (κ1) is 21.1. The molecule has 5 rings (SSSR count). The van der Waals surface area contributed by atoms with Crippen molar-refractivity contribution >= 4 is 22.9 Å². The lowest BCUT2D eigenvalue weighted by Gasteiger charge is -2.32. The molecule has 0 spiro atoms. The van der Waals surface area contributed by atoms with Gasteiger partial charge in [-0.05, 0) is 67.3 Å². The predicted octanol–water partition coefficient (Wildman–Crippen LogP) is 4.95. The minimum absolute atomic E-state index is 0.0217. The van der Waals surface area contributed by atoms with Crippen LogP contribution in [0.5, 0.6) is 0 Å². The molecule has 3 heterocycles. The van der Waals surface area contributed by atoms with E-state index in [1.807, 2.05) is 24.4 Å². The monoisotopic (exact) mass is 443 g/mol. The molecule has 7 heteroatoms. The summed E-state index contributed by atoms with van der Waals surface area (Å²) < 4.78 is 15.1. The number of nitrogens with zero attached hydrogens (tertiary/aromatic N) is 4. The van der Waals surface area contributed by atoms with Crippen molar-refractivity contribution in [2.75, 3.05) is 23.3 Å². The molecule has 6 nitrogen and oxygen atoms in total. The fourth-order valence-electron chi connectivity index (χ4n) is 4.34. The summed E-state index contributed by atoms with van der Waals surface area (Å²) in [5, 5.41) is 7.69. The number of hydrogen-bond acceptors (Lipinski definition) is 4. The van der Waals surface area contributed by atoms with E-state index in [9.17, 15) is 9.18 Å². The lowest BCUT2D eigenvalue weighted by Crippen LogP contribution is -2.38. The zero-order valence-electron chi connectivity index (χ0n) is 18.5. The number of amides is 1. The van der Waals surface area contributed by atoms with Gasteiger partial charge in [0.15, 0.2) is 5.82 Å². The van der Waals surface area contributed by atoms with Crippen molar-refractivity contribution in [2.24, 2.45) is 5.92 Å². The van der Waals surface area contributed by atoms with E-state index >= 15 is 0 Å². The van der Waals surface area contributed by atoms with E-state index in [2.05, 4.69) is 39.4 Å². The van der Waals surface area contributed by atoms with Crippen molar-refractivity contribution in [3.8, 4) is 11.3 Å². The minimum Gasteiger partial charge on any atom is -0.355 e. The third kappa shape index (κ3) is 4.44. The van der Waals surface area contributed by atoms with E-state index < -0.39 is 0 Å². The lowest BCUT2D eigenvalue weighted by molar-refractivity contribution is -0.120. The summed E-state index contributed by atoms with van der Waals surface area (Å²) >= 11 is 0. The molecule has 1 N–H and O–H groups in total. The molecule has 1 aliphatic heterocycles. The van der Waals surface area contributed by atoms with Crippen molar-refractivity contribution in [1.29, 1.82) is 0 Å². The molecule has 0 aliphatic carbocycles. The first-order chi connectivity index (χ1) is 16.1. The lowest BCUT2D eigenvalue weighted by atomic mass is 9.95. The van der Waals surface area contributed by atoms with Crippen LogP contribution in [0.2, 0.25) is 0 Å². The van der Waals surface area contributed by atoms with Crippen LogP contribution >= 0.6 is 0 Å². The number of hydrogen-bond donors (Lipinski definition) is 1. The van der Waals surface area contributed by atoms with Crippen LogP contribution in [0.15, 0.2) is 67.0 Å². The van der Waals surface area contributed by atoms with Crippen LogP contribution in [0.25, 0.3) is 16.8 Å². The third-order valence-corrected chi connectivity index (χ3v) is 6.30. The minimum atomic E-state index is -0.269. The van der Waals surface area contributed by atoms with Crippen molar-refractivity contribution in [3.63, 3.8) is 0 Å². The number of aryl methyl sites for hydroxylation is 1. The number of nitrogens with one attached hydrogen (secondary N) is 1. The first-order valence-electron chi connectivity index (χ1n) is 11.4. The summed E-state index contributed by atoms with van der Waals surface area (Å²) in [7, 11) is 0. The van der Waals surface area contributed by atoms with E-state index in [1.54, 1.807) is 22.8 Å². The average molecular weight is 444 g/mol. The Bertz CT molecular complexity index is 1260. The molecule has 33 heavy (non-hydrogen) atoms. The molecule has 0 unspecified atom stereocenters. The number of anilines is 2. The van der Waals surface area contributed by atoms with Gasteiger partial charge in [-0.15, -0.1) is 0 Å². The van der Waals surface area contributed by atoms with Crippen LogP contribution < -0.4 is 10.2 Å². The van der Waals surface area contributed by atoms with Crippen molar-refractivity contribution in [2.45, 2.75) is 26.2 Å². The van der Waals surface area contributed by atoms with Crippen molar-refractivity contribution < 1.29 is 9.18 Å². The smallest absolute Gasteiger partial charge is 0.227 e. The molecule has 4 aromatic rings. The van der Waals surface area contributed by atoms with Gasteiger partial charge in [-0.25, -0.2) is 13.9 Å². The summed E-state index contributed by atoms with van der Waals surface area (Å²) in [6.45, 7) is 3.61. The van der Waals surface area contributed by atoms with Crippen LogP contribution in [0.4, 0.5) is 15.9 Å².